The van der Waals surface area contributed by atoms with E-state index in [1.165, 1.54) is 6.42 Å². The number of rotatable bonds is 5. The first-order chi connectivity index (χ1) is 15.0. The van der Waals surface area contributed by atoms with Crippen molar-refractivity contribution in [3.05, 3.63) is 46.3 Å². The standard InChI is InChI=1S/C25H31NO5/c1-15-22(25(28)31-16-8-5-4-6-9-16)23(24-19(26-15)10-7-11-20(24)27)18-13-12-17(29-2)14-21(18)30-3/h12-14,16,23,26H,4-11H2,1-3H3/t23-/m0/s1. The van der Waals surface area contributed by atoms with E-state index < -0.39 is 5.92 Å². The molecule has 0 radical (unpaired) electrons. The molecule has 6 nitrogen and oxygen atoms in total. The zero-order valence-electron chi connectivity index (χ0n) is 18.6. The number of dihydropyridines is 1. The number of carbonyl (C=O) groups excluding carboxylic acids is 2. The molecule has 0 saturated heterocycles. The van der Waals surface area contributed by atoms with Crippen LogP contribution in [0.5, 0.6) is 11.5 Å². The van der Waals surface area contributed by atoms with Crippen molar-refractivity contribution in [2.75, 3.05) is 14.2 Å². The number of Topliss-reactive ketones (excluding diaryl/α,β-unsaturated/α-hetero) is 1. The smallest absolute Gasteiger partial charge is 0.337 e. The molecule has 1 fully saturated rings. The summed E-state index contributed by atoms with van der Waals surface area (Å²) in [6, 6.07) is 5.53. The van der Waals surface area contributed by atoms with Crippen molar-refractivity contribution in [2.24, 2.45) is 0 Å². The Labute approximate surface area is 183 Å². The number of ketones is 1. The van der Waals surface area contributed by atoms with E-state index in [2.05, 4.69) is 5.32 Å². The van der Waals surface area contributed by atoms with Crippen molar-refractivity contribution in [3.8, 4) is 11.5 Å². The van der Waals surface area contributed by atoms with Crippen molar-refractivity contribution < 1.29 is 23.8 Å². The topological polar surface area (TPSA) is 73.9 Å². The fourth-order valence-electron chi connectivity index (χ4n) is 5.02. The second kappa shape index (κ2) is 9.16. The van der Waals surface area contributed by atoms with Gasteiger partial charge in [0.1, 0.15) is 17.6 Å². The lowest BCUT2D eigenvalue weighted by molar-refractivity contribution is -0.146. The van der Waals surface area contributed by atoms with Gasteiger partial charge in [0.2, 0.25) is 0 Å². The molecule has 1 N–H and O–H groups in total. The molecule has 31 heavy (non-hydrogen) atoms. The molecule has 0 bridgehead atoms. The van der Waals surface area contributed by atoms with Crippen LogP contribution in [-0.4, -0.2) is 32.1 Å². The SMILES string of the molecule is COc1ccc([C@H]2C(C(=O)OC3CCCCC3)=C(C)NC3=C2C(=O)CCC3)c(OC)c1. The summed E-state index contributed by atoms with van der Waals surface area (Å²) in [7, 11) is 3.19. The zero-order chi connectivity index (χ0) is 22.0. The van der Waals surface area contributed by atoms with Crippen molar-refractivity contribution in [1.82, 2.24) is 5.32 Å². The van der Waals surface area contributed by atoms with Crippen LogP contribution in [0, 0.1) is 0 Å². The van der Waals surface area contributed by atoms with Crippen LogP contribution in [0.3, 0.4) is 0 Å². The molecule has 1 heterocycles. The highest BCUT2D eigenvalue weighted by Gasteiger charge is 2.41. The Morgan fingerprint density at radius 3 is 2.52 bits per heavy atom. The van der Waals surface area contributed by atoms with Gasteiger partial charge in [0.25, 0.3) is 0 Å². The number of hydrogen-bond donors (Lipinski definition) is 1. The average Bonchev–Trinajstić information content (AvgIpc) is 2.78. The summed E-state index contributed by atoms with van der Waals surface area (Å²) in [6.45, 7) is 1.89. The number of benzene rings is 1. The highest BCUT2D eigenvalue weighted by Crippen LogP contribution is 2.46. The lowest BCUT2D eigenvalue weighted by Gasteiger charge is -2.35. The lowest BCUT2D eigenvalue weighted by atomic mass is 9.75. The first-order valence-corrected chi connectivity index (χ1v) is 11.2. The molecule has 1 saturated carbocycles. The fourth-order valence-corrected chi connectivity index (χ4v) is 5.02. The Morgan fingerprint density at radius 2 is 1.81 bits per heavy atom. The average molecular weight is 426 g/mol. The monoisotopic (exact) mass is 425 g/mol. The van der Waals surface area contributed by atoms with Crippen LogP contribution < -0.4 is 14.8 Å². The Balaban J connectivity index is 1.79. The van der Waals surface area contributed by atoms with E-state index in [0.29, 0.717) is 29.1 Å². The molecule has 1 aromatic carbocycles. The van der Waals surface area contributed by atoms with Crippen molar-refractivity contribution >= 4 is 11.8 Å². The molecule has 0 amide bonds. The van der Waals surface area contributed by atoms with E-state index in [4.69, 9.17) is 14.2 Å². The number of hydrogen-bond acceptors (Lipinski definition) is 6. The lowest BCUT2D eigenvalue weighted by Crippen LogP contribution is -2.35. The molecule has 6 heteroatoms. The first kappa shape index (κ1) is 21.5. The summed E-state index contributed by atoms with van der Waals surface area (Å²) in [4.78, 5) is 26.5. The van der Waals surface area contributed by atoms with Gasteiger partial charge in [-0.25, -0.2) is 4.79 Å². The van der Waals surface area contributed by atoms with E-state index in [9.17, 15) is 9.59 Å². The van der Waals surface area contributed by atoms with Gasteiger partial charge < -0.3 is 19.5 Å². The minimum atomic E-state index is -0.513. The van der Waals surface area contributed by atoms with Crippen LogP contribution in [0.2, 0.25) is 0 Å². The molecule has 1 aliphatic heterocycles. The van der Waals surface area contributed by atoms with Crippen LogP contribution in [0.1, 0.15) is 69.8 Å². The van der Waals surface area contributed by atoms with E-state index >= 15 is 0 Å². The molecule has 3 aliphatic rings. The highest BCUT2D eigenvalue weighted by atomic mass is 16.5. The summed E-state index contributed by atoms with van der Waals surface area (Å²) < 4.78 is 17.0. The summed E-state index contributed by atoms with van der Waals surface area (Å²) in [6.07, 6.45) is 7.18. The molecule has 0 spiro atoms. The van der Waals surface area contributed by atoms with Crippen LogP contribution in [0.4, 0.5) is 0 Å². The highest BCUT2D eigenvalue weighted by molar-refractivity contribution is 6.04. The third-order valence-corrected chi connectivity index (χ3v) is 6.57. The van der Waals surface area contributed by atoms with Crippen LogP contribution in [0.25, 0.3) is 0 Å². The Morgan fingerprint density at radius 1 is 1.03 bits per heavy atom. The second-order valence-electron chi connectivity index (χ2n) is 8.54. The van der Waals surface area contributed by atoms with Crippen LogP contribution >= 0.6 is 0 Å². The summed E-state index contributed by atoms with van der Waals surface area (Å²) >= 11 is 0. The second-order valence-corrected chi connectivity index (χ2v) is 8.54. The maximum atomic E-state index is 13.4. The van der Waals surface area contributed by atoms with Crippen molar-refractivity contribution in [2.45, 2.75) is 70.3 Å². The van der Waals surface area contributed by atoms with Crippen molar-refractivity contribution in [3.63, 3.8) is 0 Å². The van der Waals surface area contributed by atoms with Crippen LogP contribution in [-0.2, 0) is 14.3 Å². The normalized spacial score (nSPS) is 22.0. The fraction of sp³-hybridized carbons (Fsp3) is 0.520. The third kappa shape index (κ3) is 4.21. The van der Waals surface area contributed by atoms with E-state index in [0.717, 1.165) is 55.5 Å². The van der Waals surface area contributed by atoms with Gasteiger partial charge in [0.15, 0.2) is 5.78 Å². The van der Waals surface area contributed by atoms with Gasteiger partial charge in [-0.15, -0.1) is 0 Å². The van der Waals surface area contributed by atoms with Gasteiger partial charge in [-0.05, 0) is 51.5 Å². The largest absolute Gasteiger partial charge is 0.497 e. The predicted octanol–water partition coefficient (Wildman–Crippen LogP) is 4.55. The minimum absolute atomic E-state index is 0.0580. The number of methoxy groups -OCH3 is 2. The maximum absolute atomic E-state index is 13.4. The molecule has 1 atom stereocenters. The van der Waals surface area contributed by atoms with Gasteiger partial charge in [0.05, 0.1) is 25.7 Å². The summed E-state index contributed by atoms with van der Waals surface area (Å²) in [5.41, 5.74) is 3.60. The minimum Gasteiger partial charge on any atom is -0.497 e. The summed E-state index contributed by atoms with van der Waals surface area (Å²) in [5.74, 6) is 0.468. The third-order valence-electron chi connectivity index (χ3n) is 6.57. The molecule has 1 aromatic rings. The number of ether oxygens (including phenoxy) is 3. The molecule has 2 aliphatic carbocycles. The predicted molar refractivity (Wildman–Crippen MR) is 117 cm³/mol. The van der Waals surface area contributed by atoms with Crippen molar-refractivity contribution in [1.29, 1.82) is 0 Å². The van der Waals surface area contributed by atoms with E-state index in [1.54, 1.807) is 20.3 Å². The van der Waals surface area contributed by atoms with Gasteiger partial charge in [0, 0.05) is 35.0 Å². The van der Waals surface area contributed by atoms with Crippen LogP contribution in [0.15, 0.2) is 40.7 Å². The van der Waals surface area contributed by atoms with Gasteiger partial charge >= 0.3 is 5.97 Å². The number of esters is 1. The molecule has 166 valence electrons. The Hall–Kier alpha value is -2.76. The van der Waals surface area contributed by atoms with Gasteiger partial charge in [-0.2, -0.15) is 0 Å². The Bertz CT molecular complexity index is 939. The Kier molecular flexibility index (Phi) is 6.35. The molecule has 4 rings (SSSR count). The van der Waals surface area contributed by atoms with Gasteiger partial charge in [-0.3, -0.25) is 4.79 Å². The van der Waals surface area contributed by atoms with Gasteiger partial charge in [-0.1, -0.05) is 12.5 Å². The summed E-state index contributed by atoms with van der Waals surface area (Å²) in [5, 5.41) is 3.35. The first-order valence-electron chi connectivity index (χ1n) is 11.2. The molecular weight excluding hydrogens is 394 g/mol. The molecule has 0 aromatic heterocycles. The molecule has 0 unspecified atom stereocenters. The maximum Gasteiger partial charge on any atom is 0.337 e. The zero-order valence-corrected chi connectivity index (χ0v) is 18.6. The van der Waals surface area contributed by atoms with E-state index in [1.807, 2.05) is 19.1 Å². The number of allylic oxidation sites excluding steroid dienone is 3. The quantitative estimate of drug-likeness (QED) is 0.698. The number of nitrogens with one attached hydrogen (secondary N) is 1. The number of carbonyl (C=O) groups is 2. The van der Waals surface area contributed by atoms with E-state index in [-0.39, 0.29) is 17.9 Å². The molecular formula is C25H31NO5.